The van der Waals surface area contributed by atoms with Crippen LogP contribution in [0.1, 0.15) is 14.3 Å². The number of hydrogen-bond acceptors (Lipinski definition) is 4. The van der Waals surface area contributed by atoms with E-state index in [1.54, 1.807) is 20.1 Å². The van der Waals surface area contributed by atoms with Crippen molar-refractivity contribution in [1.82, 2.24) is 4.98 Å². The van der Waals surface area contributed by atoms with Crippen molar-refractivity contribution in [2.75, 3.05) is 21.4 Å². The molecular formula is C21H23FN4O4. The molecule has 0 unspecified atom stereocenters. The van der Waals surface area contributed by atoms with E-state index in [0.717, 1.165) is 10.9 Å². The van der Waals surface area contributed by atoms with Crippen LogP contribution in [0.2, 0.25) is 0 Å². The number of nitro benzene ring substituents is 1. The molecular weight excluding hydrogens is 391 g/mol. The van der Waals surface area contributed by atoms with Gasteiger partial charge in [-0.3, -0.25) is 14.5 Å². The number of methoxy groups -OCH3 is 2. The summed E-state index contributed by atoms with van der Waals surface area (Å²) in [5.74, 6) is 0.991. The summed E-state index contributed by atoms with van der Waals surface area (Å²) in [7, 11) is 4.75. The van der Waals surface area contributed by atoms with Crippen molar-refractivity contribution in [2.24, 2.45) is 0 Å². The number of rotatable bonds is 3. The van der Waals surface area contributed by atoms with Gasteiger partial charge in [0.05, 0.1) is 39.5 Å². The highest BCUT2D eigenvalue weighted by molar-refractivity contribution is 5.86. The highest BCUT2D eigenvalue weighted by Crippen LogP contribution is 2.34. The number of ether oxygens (including phenoxy) is 2. The van der Waals surface area contributed by atoms with Gasteiger partial charge in [-0.1, -0.05) is 7.40 Å². The van der Waals surface area contributed by atoms with Crippen LogP contribution in [-0.2, 0) is 0 Å². The summed E-state index contributed by atoms with van der Waals surface area (Å²) in [6, 6.07) is 8.32. The maximum Gasteiger partial charge on any atom is 0.262 e. The van der Waals surface area contributed by atoms with E-state index in [1.165, 1.54) is 26.6 Å². The largest absolute Gasteiger partial charge is 0.508 e. The monoisotopic (exact) mass is 415 g/mol. The van der Waals surface area contributed by atoms with E-state index >= 15 is 0 Å². The van der Waals surface area contributed by atoms with Crippen LogP contribution in [0.5, 0.6) is 11.5 Å². The molecule has 0 spiro atoms. The highest BCUT2D eigenvalue weighted by atomic mass is 19.1. The van der Waals surface area contributed by atoms with Crippen LogP contribution in [0, 0.1) is 30.2 Å². The molecule has 0 saturated carbocycles. The molecule has 9 heteroatoms. The summed E-state index contributed by atoms with van der Waals surface area (Å²) in [5.41, 5.74) is 2.09. The van der Waals surface area contributed by atoms with Gasteiger partial charge in [0.25, 0.3) is 5.69 Å². The van der Waals surface area contributed by atoms with E-state index in [9.17, 15) is 14.5 Å². The van der Waals surface area contributed by atoms with Gasteiger partial charge in [0.1, 0.15) is 11.5 Å². The molecule has 2 aromatic carbocycles. The number of aryl methyl sites for hydroxylation is 1. The van der Waals surface area contributed by atoms with Crippen molar-refractivity contribution < 1.29 is 20.2 Å². The van der Waals surface area contributed by atoms with Crippen LogP contribution in [-0.4, -0.2) is 31.3 Å². The van der Waals surface area contributed by atoms with Gasteiger partial charge >= 0.3 is 0 Å². The average molecular weight is 415 g/mol. The Balaban J connectivity index is 0.000000501. The Hall–Kier alpha value is -4.11. The second kappa shape index (κ2) is 12.4. The second-order valence-corrected chi connectivity index (χ2v) is 5.38. The molecule has 0 bridgehead atoms. The zero-order chi connectivity index (χ0) is 24.0. The van der Waals surface area contributed by atoms with Gasteiger partial charge in [0, 0.05) is 30.1 Å². The minimum Gasteiger partial charge on any atom is -0.508 e. The van der Waals surface area contributed by atoms with Crippen LogP contribution >= 0.6 is 0 Å². The zero-order valence-corrected chi connectivity index (χ0v) is 17.3. The topological polar surface area (TPSA) is 86.1 Å². The molecule has 3 rings (SSSR count). The number of nitrogens with zero attached hydrogens (tertiary/aromatic N) is 3. The van der Waals surface area contributed by atoms with Crippen LogP contribution in [0.3, 0.4) is 0 Å². The molecule has 1 N–H and O–H groups in total. The van der Waals surface area contributed by atoms with Gasteiger partial charge in [-0.15, -0.1) is 0 Å². The van der Waals surface area contributed by atoms with E-state index in [4.69, 9.17) is 24.0 Å². The molecule has 0 aliphatic rings. The molecule has 158 valence electrons. The first-order valence-electron chi connectivity index (χ1n) is 9.06. The maximum atomic E-state index is 10.6. The molecule has 0 radical (unpaired) electrons. The molecule has 8 nitrogen and oxygen atoms in total. The molecule has 0 atom stereocenters. The quantitative estimate of drug-likeness (QED) is 0.304. The van der Waals surface area contributed by atoms with Crippen molar-refractivity contribution in [3.63, 3.8) is 0 Å². The van der Waals surface area contributed by atoms with Gasteiger partial charge in [-0.2, -0.15) is 0 Å². The fourth-order valence-corrected chi connectivity index (χ4v) is 2.43. The van der Waals surface area contributed by atoms with Crippen LogP contribution in [0.15, 0.2) is 36.5 Å². The summed E-state index contributed by atoms with van der Waals surface area (Å²) < 4.78 is 25.3. The van der Waals surface area contributed by atoms with E-state index in [2.05, 4.69) is 14.7 Å². The number of hydrogen-bond donors (Lipinski definition) is 1. The number of benzene rings is 2. The first-order chi connectivity index (χ1) is 14.9. The summed E-state index contributed by atoms with van der Waals surface area (Å²) in [5, 5.41) is 11.6. The summed E-state index contributed by atoms with van der Waals surface area (Å²) in [4.78, 5) is 19.6. The average Bonchev–Trinajstić information content (AvgIpc) is 3.28. The number of aromatic nitrogens is 1. The molecule has 0 saturated heterocycles. The molecule has 0 amide bonds. The van der Waals surface area contributed by atoms with Crippen molar-refractivity contribution >= 4 is 28.0 Å². The van der Waals surface area contributed by atoms with Crippen molar-refractivity contribution in [1.29, 1.82) is 0 Å². The molecule has 0 aliphatic carbocycles. The fourth-order valence-electron chi connectivity index (χ4n) is 2.43. The minimum atomic E-state index is -0.510. The van der Waals surface area contributed by atoms with Gasteiger partial charge in [0.2, 0.25) is 11.4 Å². The molecule has 1 heterocycles. The number of nitrogens with one attached hydrogen (secondary N) is 1. The van der Waals surface area contributed by atoms with Gasteiger partial charge in [-0.05, 0) is 31.2 Å². The lowest BCUT2D eigenvalue weighted by Gasteiger charge is -2.04. The number of H-pyrrole nitrogens is 1. The lowest BCUT2D eigenvalue weighted by Crippen LogP contribution is -1.92. The van der Waals surface area contributed by atoms with Gasteiger partial charge in [-0.25, -0.2) is 9.69 Å². The Kier molecular flexibility index (Phi) is 9.87. The Morgan fingerprint density at radius 1 is 1.10 bits per heavy atom. The van der Waals surface area contributed by atoms with Crippen LogP contribution < -0.4 is 9.47 Å². The third-order valence-electron chi connectivity index (χ3n) is 3.79. The lowest BCUT2D eigenvalue weighted by atomic mass is 10.1. The van der Waals surface area contributed by atoms with E-state index < -0.39 is 4.92 Å². The Morgan fingerprint density at radius 3 is 2.13 bits per heavy atom. The predicted octanol–water partition coefficient (Wildman–Crippen LogP) is 6.41. The van der Waals surface area contributed by atoms with Crippen molar-refractivity contribution in [3.8, 4) is 11.5 Å². The van der Waals surface area contributed by atoms with Crippen molar-refractivity contribution in [2.45, 2.75) is 14.3 Å². The van der Waals surface area contributed by atoms with Gasteiger partial charge < -0.3 is 14.5 Å². The van der Waals surface area contributed by atoms with Gasteiger partial charge in [0.15, 0.2) is 0 Å². The number of aromatic amines is 1. The molecule has 30 heavy (non-hydrogen) atoms. The first-order valence-corrected chi connectivity index (χ1v) is 8.06. The second-order valence-electron chi connectivity index (χ2n) is 5.38. The smallest absolute Gasteiger partial charge is 0.262 e. The van der Waals surface area contributed by atoms with Crippen LogP contribution in [0.4, 0.5) is 21.5 Å². The lowest BCUT2D eigenvalue weighted by molar-refractivity contribution is -0.385. The molecule has 3 aromatic rings. The van der Waals surface area contributed by atoms with E-state index in [-0.39, 0.29) is 11.4 Å². The summed E-state index contributed by atoms with van der Waals surface area (Å²) >= 11 is 0. The van der Waals surface area contributed by atoms with Crippen molar-refractivity contribution in [3.05, 3.63) is 75.0 Å². The Labute approximate surface area is 176 Å². The van der Waals surface area contributed by atoms with Crippen LogP contribution in [0.25, 0.3) is 20.6 Å². The van der Waals surface area contributed by atoms with E-state index in [1.807, 2.05) is 18.3 Å². The number of fused-ring (bicyclic) bond motifs is 1. The number of halogens is 1. The summed E-state index contributed by atoms with van der Waals surface area (Å²) in [6.07, 6.45) is 1.85. The Bertz CT molecular complexity index is 1090. The number of nitro groups is 1. The molecule has 1 aromatic heterocycles. The standard InChI is InChI=1S/C10H8N2O.C9H8N2O3.CH3F.CH4/c1-11-9-6-8-7(3-4-12-8)5-10(9)13-2;1-6-4-9(14-3)7(10-2)5-8(6)11(12)13;1-2;/h3-6,12H,2H3;4-5H,1,3H3;1H3;1H4/i;;;1D. The normalized spacial score (nSPS) is 9.00. The molecule has 0 aliphatic heterocycles. The zero-order valence-electron chi connectivity index (χ0n) is 18.3. The first kappa shape index (κ1) is 23.9. The summed E-state index contributed by atoms with van der Waals surface area (Å²) in [6.45, 7) is 15.4. The number of alkyl halides is 1. The SMILES string of the molecule is CF.[2H]C.[C-]#[N+]c1cc([N+](=O)[O-])c(C)cc1OC.[C-]#[N+]c1cc2[nH]ccc2cc1OC. The Morgan fingerprint density at radius 2 is 1.63 bits per heavy atom. The highest BCUT2D eigenvalue weighted by Gasteiger charge is 2.15. The minimum absolute atomic E-state index is 0.0585. The third kappa shape index (κ3) is 5.94. The maximum absolute atomic E-state index is 10.6. The van der Waals surface area contributed by atoms with E-state index in [0.29, 0.717) is 29.9 Å². The fraction of sp³-hybridized carbons (Fsp3) is 0.238. The molecule has 0 fully saturated rings. The third-order valence-corrected chi connectivity index (χ3v) is 3.79. The predicted molar refractivity (Wildman–Crippen MR) is 116 cm³/mol.